The molecule has 0 saturated carbocycles. The number of rotatable bonds is 4. The van der Waals surface area contributed by atoms with E-state index in [1.165, 1.54) is 6.07 Å². The molecule has 4 N–H and O–H groups in total. The number of hydrogen-bond acceptors (Lipinski definition) is 3. The second-order valence-corrected chi connectivity index (χ2v) is 4.64. The van der Waals surface area contributed by atoms with Crippen LogP contribution in [0, 0.1) is 5.82 Å². The van der Waals surface area contributed by atoms with E-state index in [4.69, 9.17) is 10.8 Å². The number of carbonyl (C=O) groups excluding carboxylic acids is 1. The Morgan fingerprint density at radius 3 is 2.61 bits per heavy atom. The Labute approximate surface area is 104 Å². The van der Waals surface area contributed by atoms with Crippen LogP contribution in [-0.4, -0.2) is 22.5 Å². The number of anilines is 1. The number of halogens is 1. The zero-order valence-corrected chi connectivity index (χ0v) is 10.2. The third kappa shape index (κ3) is 3.73. The first-order chi connectivity index (χ1) is 8.21. The molecule has 0 atom stereocenters. The maximum atomic E-state index is 13.0. The normalized spacial score (nSPS) is 11.1. The Kier molecular flexibility index (Phi) is 3.90. The molecule has 0 aliphatic rings. The monoisotopic (exact) mass is 254 g/mol. The minimum absolute atomic E-state index is 0.00605. The van der Waals surface area contributed by atoms with E-state index in [1.54, 1.807) is 13.8 Å². The first-order valence-corrected chi connectivity index (χ1v) is 5.30. The van der Waals surface area contributed by atoms with Gasteiger partial charge in [0.25, 0.3) is 5.91 Å². The molecule has 0 unspecified atom stereocenters. The number of hydrogen-bond donors (Lipinski definition) is 3. The number of nitrogen functional groups attached to an aromatic ring is 1. The molecule has 0 fully saturated rings. The van der Waals surface area contributed by atoms with Gasteiger partial charge in [-0.2, -0.15) is 0 Å². The van der Waals surface area contributed by atoms with Gasteiger partial charge in [0.1, 0.15) is 5.82 Å². The van der Waals surface area contributed by atoms with Crippen LogP contribution in [0.25, 0.3) is 0 Å². The minimum Gasteiger partial charge on any atom is -0.481 e. The van der Waals surface area contributed by atoms with Gasteiger partial charge in [-0.25, -0.2) is 4.39 Å². The highest BCUT2D eigenvalue weighted by atomic mass is 19.1. The zero-order chi connectivity index (χ0) is 13.9. The lowest BCUT2D eigenvalue weighted by Gasteiger charge is -2.24. The van der Waals surface area contributed by atoms with Crippen LogP contribution >= 0.6 is 0 Å². The van der Waals surface area contributed by atoms with E-state index < -0.39 is 23.2 Å². The topological polar surface area (TPSA) is 92.4 Å². The highest BCUT2D eigenvalue weighted by Gasteiger charge is 2.25. The molecule has 1 aromatic carbocycles. The third-order valence-corrected chi connectivity index (χ3v) is 2.31. The molecule has 6 heteroatoms. The Morgan fingerprint density at radius 2 is 2.06 bits per heavy atom. The van der Waals surface area contributed by atoms with Crippen molar-refractivity contribution in [3.8, 4) is 0 Å². The molecule has 0 radical (unpaired) electrons. The van der Waals surface area contributed by atoms with E-state index >= 15 is 0 Å². The maximum Gasteiger partial charge on any atom is 0.305 e. The summed E-state index contributed by atoms with van der Waals surface area (Å²) in [6, 6.07) is 3.45. The van der Waals surface area contributed by atoms with Crippen molar-refractivity contribution in [3.63, 3.8) is 0 Å². The first kappa shape index (κ1) is 14.0. The molecule has 1 amide bonds. The predicted molar refractivity (Wildman–Crippen MR) is 64.6 cm³/mol. The minimum atomic E-state index is -1.03. The number of nitrogens with two attached hydrogens (primary N) is 1. The molecule has 0 bridgehead atoms. The summed E-state index contributed by atoms with van der Waals surface area (Å²) >= 11 is 0. The summed E-state index contributed by atoms with van der Waals surface area (Å²) in [6.07, 6.45) is -0.242. The summed E-state index contributed by atoms with van der Waals surface area (Å²) in [4.78, 5) is 22.5. The number of carbonyl (C=O) groups is 2. The molecule has 0 spiro atoms. The summed E-state index contributed by atoms with van der Waals surface area (Å²) < 4.78 is 13.0. The van der Waals surface area contributed by atoms with Crippen LogP contribution in [0.4, 0.5) is 10.1 Å². The van der Waals surface area contributed by atoms with Crippen molar-refractivity contribution in [2.75, 3.05) is 5.73 Å². The number of benzene rings is 1. The lowest BCUT2D eigenvalue weighted by Crippen LogP contribution is -2.45. The van der Waals surface area contributed by atoms with Crippen molar-refractivity contribution < 1.29 is 19.1 Å². The van der Waals surface area contributed by atoms with Gasteiger partial charge in [-0.15, -0.1) is 0 Å². The average molecular weight is 254 g/mol. The van der Waals surface area contributed by atoms with Crippen molar-refractivity contribution >= 4 is 17.6 Å². The summed E-state index contributed by atoms with van der Waals surface area (Å²) in [5.74, 6) is -2.21. The average Bonchev–Trinajstić information content (AvgIpc) is 2.18. The van der Waals surface area contributed by atoms with Crippen LogP contribution in [0.5, 0.6) is 0 Å². The maximum absolute atomic E-state index is 13.0. The number of carboxylic acid groups (broad SMARTS) is 1. The van der Waals surface area contributed by atoms with E-state index in [-0.39, 0.29) is 17.7 Å². The largest absolute Gasteiger partial charge is 0.481 e. The predicted octanol–water partition coefficient (Wildman–Crippen LogP) is 1.39. The fraction of sp³-hybridized carbons (Fsp3) is 0.333. The molecule has 0 aromatic heterocycles. The standard InChI is InChI=1S/C12H15FN2O3/c1-12(2,6-10(16)17)15-11(18)8-5-7(13)3-4-9(8)14/h3-5H,6,14H2,1-2H3,(H,15,18)(H,16,17). The van der Waals surface area contributed by atoms with Gasteiger partial charge in [0.2, 0.25) is 0 Å². The Bertz CT molecular complexity index is 486. The van der Waals surface area contributed by atoms with Crippen LogP contribution in [0.1, 0.15) is 30.6 Å². The Hall–Kier alpha value is -2.11. The van der Waals surface area contributed by atoms with Crippen molar-refractivity contribution in [1.82, 2.24) is 5.32 Å². The number of aliphatic carboxylic acids is 1. The molecular weight excluding hydrogens is 239 g/mol. The lowest BCUT2D eigenvalue weighted by molar-refractivity contribution is -0.138. The van der Waals surface area contributed by atoms with E-state index in [1.807, 2.05) is 0 Å². The fourth-order valence-corrected chi connectivity index (χ4v) is 1.52. The second kappa shape index (κ2) is 5.03. The third-order valence-electron chi connectivity index (χ3n) is 2.31. The van der Waals surface area contributed by atoms with Crippen molar-refractivity contribution in [3.05, 3.63) is 29.6 Å². The van der Waals surface area contributed by atoms with E-state index in [0.717, 1.165) is 12.1 Å². The number of amides is 1. The highest BCUT2D eigenvalue weighted by Crippen LogP contribution is 2.16. The quantitative estimate of drug-likeness (QED) is 0.708. The van der Waals surface area contributed by atoms with Crippen molar-refractivity contribution in [1.29, 1.82) is 0 Å². The van der Waals surface area contributed by atoms with Gasteiger partial charge < -0.3 is 16.2 Å². The molecule has 0 aliphatic carbocycles. The number of carboxylic acids is 1. The van der Waals surface area contributed by atoms with Gasteiger partial charge in [0, 0.05) is 11.2 Å². The van der Waals surface area contributed by atoms with E-state index in [0.29, 0.717) is 0 Å². The smallest absolute Gasteiger partial charge is 0.305 e. The molecule has 5 nitrogen and oxygen atoms in total. The van der Waals surface area contributed by atoms with Crippen molar-refractivity contribution in [2.45, 2.75) is 25.8 Å². The molecule has 98 valence electrons. The van der Waals surface area contributed by atoms with E-state index in [9.17, 15) is 14.0 Å². The number of nitrogens with one attached hydrogen (secondary N) is 1. The highest BCUT2D eigenvalue weighted by molar-refractivity contribution is 5.99. The Balaban J connectivity index is 2.88. The van der Waals surface area contributed by atoms with Crippen LogP contribution in [0.2, 0.25) is 0 Å². The summed E-state index contributed by atoms with van der Waals surface area (Å²) in [7, 11) is 0. The van der Waals surface area contributed by atoms with Crippen LogP contribution in [0.3, 0.4) is 0 Å². The van der Waals surface area contributed by atoms with Gasteiger partial charge in [-0.1, -0.05) is 0 Å². The summed E-state index contributed by atoms with van der Waals surface area (Å²) in [5.41, 5.74) is 4.76. The molecule has 1 rings (SSSR count). The zero-order valence-electron chi connectivity index (χ0n) is 10.2. The summed E-state index contributed by atoms with van der Waals surface area (Å²) in [5, 5.41) is 11.2. The van der Waals surface area contributed by atoms with Gasteiger partial charge in [0.15, 0.2) is 0 Å². The fourth-order valence-electron chi connectivity index (χ4n) is 1.52. The molecule has 1 aromatic rings. The molecular formula is C12H15FN2O3. The molecule has 18 heavy (non-hydrogen) atoms. The second-order valence-electron chi connectivity index (χ2n) is 4.64. The van der Waals surface area contributed by atoms with Crippen LogP contribution in [0.15, 0.2) is 18.2 Å². The van der Waals surface area contributed by atoms with E-state index in [2.05, 4.69) is 5.32 Å². The summed E-state index contributed by atoms with van der Waals surface area (Å²) in [6.45, 7) is 3.13. The first-order valence-electron chi connectivity index (χ1n) is 5.30. The van der Waals surface area contributed by atoms with Gasteiger partial charge in [-0.3, -0.25) is 9.59 Å². The SMILES string of the molecule is CC(C)(CC(=O)O)NC(=O)c1cc(F)ccc1N. The van der Waals surface area contributed by atoms with Gasteiger partial charge in [-0.05, 0) is 32.0 Å². The van der Waals surface area contributed by atoms with Gasteiger partial charge >= 0.3 is 5.97 Å². The van der Waals surface area contributed by atoms with Crippen LogP contribution in [-0.2, 0) is 4.79 Å². The Morgan fingerprint density at radius 1 is 1.44 bits per heavy atom. The molecule has 0 aliphatic heterocycles. The van der Waals surface area contributed by atoms with Crippen molar-refractivity contribution in [2.24, 2.45) is 0 Å². The molecule has 0 heterocycles. The lowest BCUT2D eigenvalue weighted by atomic mass is 10.00. The molecule has 0 saturated heterocycles. The van der Waals surface area contributed by atoms with Crippen LogP contribution < -0.4 is 11.1 Å². The van der Waals surface area contributed by atoms with Gasteiger partial charge in [0.05, 0.1) is 12.0 Å².